The van der Waals surface area contributed by atoms with Crippen LogP contribution in [0, 0.1) is 5.82 Å². The SMILES string of the molecule is CCCCCN1N=C(C(=O)CCCC(c2ccccc2)c2ccccc2)CC1c1ccccc1F. The van der Waals surface area contributed by atoms with E-state index in [2.05, 4.69) is 55.5 Å². The number of unbranched alkanes of at least 4 members (excludes halogenated alkanes) is 2. The monoisotopic (exact) mass is 470 g/mol. The number of hydrogen-bond acceptors (Lipinski definition) is 3. The number of halogens is 1. The highest BCUT2D eigenvalue weighted by atomic mass is 19.1. The van der Waals surface area contributed by atoms with Crippen molar-refractivity contribution in [2.24, 2.45) is 5.10 Å². The summed E-state index contributed by atoms with van der Waals surface area (Å²) in [6.07, 6.45) is 5.81. The molecule has 0 amide bonds. The van der Waals surface area contributed by atoms with E-state index in [4.69, 9.17) is 5.10 Å². The number of nitrogens with zero attached hydrogens (tertiary/aromatic N) is 2. The van der Waals surface area contributed by atoms with Crippen molar-refractivity contribution in [2.45, 2.75) is 63.8 Å². The molecule has 1 aliphatic heterocycles. The summed E-state index contributed by atoms with van der Waals surface area (Å²) in [7, 11) is 0. The summed E-state index contributed by atoms with van der Waals surface area (Å²) in [5, 5.41) is 6.65. The molecular weight excluding hydrogens is 435 g/mol. The van der Waals surface area contributed by atoms with Gasteiger partial charge >= 0.3 is 0 Å². The molecule has 3 nitrogen and oxygen atoms in total. The van der Waals surface area contributed by atoms with Crippen LogP contribution < -0.4 is 0 Å². The fourth-order valence-corrected chi connectivity index (χ4v) is 4.98. The number of ketones is 1. The van der Waals surface area contributed by atoms with E-state index >= 15 is 0 Å². The van der Waals surface area contributed by atoms with E-state index in [1.807, 2.05) is 29.3 Å². The first kappa shape index (κ1) is 24.8. The van der Waals surface area contributed by atoms with Crippen molar-refractivity contribution < 1.29 is 9.18 Å². The summed E-state index contributed by atoms with van der Waals surface area (Å²) in [5.74, 6) is 0.118. The summed E-state index contributed by atoms with van der Waals surface area (Å²) in [4.78, 5) is 13.2. The average molecular weight is 471 g/mol. The van der Waals surface area contributed by atoms with Crippen LogP contribution in [0.2, 0.25) is 0 Å². The first-order valence-electron chi connectivity index (χ1n) is 12.9. The topological polar surface area (TPSA) is 32.7 Å². The first-order chi connectivity index (χ1) is 17.2. The quantitative estimate of drug-likeness (QED) is 0.254. The maximum absolute atomic E-state index is 14.6. The van der Waals surface area contributed by atoms with E-state index in [9.17, 15) is 9.18 Å². The van der Waals surface area contributed by atoms with Crippen molar-refractivity contribution in [2.75, 3.05) is 6.54 Å². The molecule has 0 aliphatic carbocycles. The third kappa shape index (κ3) is 6.45. The zero-order valence-corrected chi connectivity index (χ0v) is 20.6. The zero-order valence-electron chi connectivity index (χ0n) is 20.6. The van der Waals surface area contributed by atoms with Gasteiger partial charge in [0.25, 0.3) is 0 Å². The van der Waals surface area contributed by atoms with E-state index in [1.54, 1.807) is 6.07 Å². The molecule has 0 aromatic heterocycles. The van der Waals surface area contributed by atoms with Crippen LogP contribution >= 0.6 is 0 Å². The summed E-state index contributed by atoms with van der Waals surface area (Å²) in [6.45, 7) is 2.91. The van der Waals surface area contributed by atoms with Gasteiger partial charge in [0.2, 0.25) is 0 Å². The second-order valence-corrected chi connectivity index (χ2v) is 9.35. The lowest BCUT2D eigenvalue weighted by Gasteiger charge is -2.24. The molecule has 3 aromatic carbocycles. The van der Waals surface area contributed by atoms with Crippen LogP contribution in [-0.4, -0.2) is 23.0 Å². The number of carbonyl (C=O) groups is 1. The predicted octanol–water partition coefficient (Wildman–Crippen LogP) is 7.69. The van der Waals surface area contributed by atoms with Crippen LogP contribution in [0.4, 0.5) is 4.39 Å². The van der Waals surface area contributed by atoms with Crippen LogP contribution in [0.1, 0.15) is 80.5 Å². The molecule has 1 aliphatic rings. The molecule has 0 N–H and O–H groups in total. The number of Topliss-reactive ketones (excluding diaryl/α,β-unsaturated/α-hetero) is 1. The largest absolute Gasteiger partial charge is 0.293 e. The number of benzene rings is 3. The van der Waals surface area contributed by atoms with Gasteiger partial charge in [-0.05, 0) is 36.5 Å². The van der Waals surface area contributed by atoms with E-state index in [-0.39, 0.29) is 23.6 Å². The van der Waals surface area contributed by atoms with Gasteiger partial charge in [-0.15, -0.1) is 0 Å². The molecule has 0 fully saturated rings. The zero-order chi connectivity index (χ0) is 24.5. The Morgan fingerprint density at radius 3 is 2.17 bits per heavy atom. The van der Waals surface area contributed by atoms with Gasteiger partial charge in [0.1, 0.15) is 11.5 Å². The smallest absolute Gasteiger partial charge is 0.178 e. The van der Waals surface area contributed by atoms with Crippen LogP contribution in [0.25, 0.3) is 0 Å². The maximum Gasteiger partial charge on any atom is 0.178 e. The van der Waals surface area contributed by atoms with Crippen molar-refractivity contribution in [3.8, 4) is 0 Å². The average Bonchev–Trinajstić information content (AvgIpc) is 3.32. The summed E-state index contributed by atoms with van der Waals surface area (Å²) in [6, 6.07) is 27.7. The van der Waals surface area contributed by atoms with Gasteiger partial charge in [-0.1, -0.05) is 98.6 Å². The number of hydrazone groups is 1. The molecule has 0 saturated heterocycles. The number of hydrogen-bond donors (Lipinski definition) is 0. The Morgan fingerprint density at radius 2 is 1.54 bits per heavy atom. The molecule has 0 spiro atoms. The van der Waals surface area contributed by atoms with Crippen molar-refractivity contribution in [3.63, 3.8) is 0 Å². The van der Waals surface area contributed by atoms with Crippen LogP contribution in [0.15, 0.2) is 90.0 Å². The Bertz CT molecular complexity index is 1070. The van der Waals surface area contributed by atoms with E-state index in [1.165, 1.54) is 17.2 Å². The minimum atomic E-state index is -0.226. The minimum Gasteiger partial charge on any atom is -0.293 e. The van der Waals surface area contributed by atoms with Gasteiger partial charge in [0.15, 0.2) is 5.78 Å². The number of rotatable bonds is 12. The molecule has 4 heteroatoms. The van der Waals surface area contributed by atoms with Crippen molar-refractivity contribution in [1.82, 2.24) is 5.01 Å². The van der Waals surface area contributed by atoms with Crippen molar-refractivity contribution in [1.29, 1.82) is 0 Å². The molecule has 1 atom stereocenters. The van der Waals surface area contributed by atoms with Gasteiger partial charge in [-0.2, -0.15) is 5.10 Å². The van der Waals surface area contributed by atoms with Gasteiger partial charge in [-0.25, -0.2) is 4.39 Å². The lowest BCUT2D eigenvalue weighted by atomic mass is 9.86. The molecule has 0 saturated carbocycles. The lowest BCUT2D eigenvalue weighted by molar-refractivity contribution is -0.113. The van der Waals surface area contributed by atoms with Gasteiger partial charge in [0, 0.05) is 30.9 Å². The standard InChI is InChI=1S/C31H35FN2O/c1-2-3-12-22-34-30(27-18-10-11-20-28(27)32)23-29(33-34)31(35)21-13-19-26(24-14-6-4-7-15-24)25-16-8-5-9-17-25/h4-11,14-18,20,26,30H,2-3,12-13,19,21-23H2,1H3. The molecule has 0 radical (unpaired) electrons. The summed E-state index contributed by atoms with van der Waals surface area (Å²) in [5.41, 5.74) is 3.76. The van der Waals surface area contributed by atoms with Gasteiger partial charge < -0.3 is 0 Å². The summed E-state index contributed by atoms with van der Waals surface area (Å²) >= 11 is 0. The molecule has 4 rings (SSSR count). The molecule has 35 heavy (non-hydrogen) atoms. The van der Waals surface area contributed by atoms with Crippen molar-refractivity contribution >= 4 is 11.5 Å². The minimum absolute atomic E-state index is 0.0872. The Hall–Kier alpha value is -3.27. The van der Waals surface area contributed by atoms with Gasteiger partial charge in [0.05, 0.1) is 6.04 Å². The summed E-state index contributed by atoms with van der Waals surface area (Å²) < 4.78 is 14.6. The molecule has 1 heterocycles. The normalized spacial score (nSPS) is 15.5. The maximum atomic E-state index is 14.6. The lowest BCUT2D eigenvalue weighted by Crippen LogP contribution is -2.21. The van der Waals surface area contributed by atoms with Crippen LogP contribution in [-0.2, 0) is 4.79 Å². The molecular formula is C31H35FN2O. The molecule has 1 unspecified atom stereocenters. The van der Waals surface area contributed by atoms with E-state index < -0.39 is 0 Å². The third-order valence-corrected chi connectivity index (χ3v) is 6.87. The Morgan fingerprint density at radius 1 is 0.914 bits per heavy atom. The molecule has 182 valence electrons. The first-order valence-corrected chi connectivity index (χ1v) is 12.9. The Labute approximate surface area is 208 Å². The van der Waals surface area contributed by atoms with E-state index in [0.717, 1.165) is 38.6 Å². The second-order valence-electron chi connectivity index (χ2n) is 9.35. The molecule has 0 bridgehead atoms. The van der Waals surface area contributed by atoms with Crippen LogP contribution in [0.3, 0.4) is 0 Å². The molecule has 3 aromatic rings. The highest BCUT2D eigenvalue weighted by Crippen LogP contribution is 2.34. The predicted molar refractivity (Wildman–Crippen MR) is 141 cm³/mol. The van der Waals surface area contributed by atoms with Crippen molar-refractivity contribution in [3.05, 3.63) is 107 Å². The fraction of sp³-hybridized carbons (Fsp3) is 0.355. The Balaban J connectivity index is 1.42. The van der Waals surface area contributed by atoms with E-state index in [0.29, 0.717) is 24.1 Å². The highest BCUT2D eigenvalue weighted by Gasteiger charge is 2.32. The Kier molecular flexibility index (Phi) is 8.83. The second kappa shape index (κ2) is 12.4. The van der Waals surface area contributed by atoms with Crippen LogP contribution in [0.5, 0.6) is 0 Å². The fourth-order valence-electron chi connectivity index (χ4n) is 4.98. The number of carbonyl (C=O) groups excluding carboxylic acids is 1. The van der Waals surface area contributed by atoms with Gasteiger partial charge in [-0.3, -0.25) is 9.80 Å². The third-order valence-electron chi connectivity index (χ3n) is 6.87. The highest BCUT2D eigenvalue weighted by molar-refractivity contribution is 6.40.